The molecule has 1 heterocycles. The van der Waals surface area contributed by atoms with Gasteiger partial charge in [-0.15, -0.1) is 10.2 Å². The first-order valence-corrected chi connectivity index (χ1v) is 5.78. The van der Waals surface area contributed by atoms with E-state index in [1.54, 1.807) is 0 Å². The van der Waals surface area contributed by atoms with Crippen molar-refractivity contribution < 1.29 is 0 Å². The predicted molar refractivity (Wildman–Crippen MR) is 67.5 cm³/mol. The van der Waals surface area contributed by atoms with Crippen molar-refractivity contribution in [3.05, 3.63) is 47.0 Å². The number of aromatic nitrogens is 3. The van der Waals surface area contributed by atoms with Crippen LogP contribution in [0.2, 0.25) is 0 Å². The van der Waals surface area contributed by atoms with Crippen LogP contribution in [-0.2, 0) is 20.1 Å². The molecule has 1 N–H and O–H groups in total. The SMILES string of the molecule is Cc1ccc(CNCc2nnc(C)n2C)cc1. The molecule has 0 spiro atoms. The highest BCUT2D eigenvalue weighted by molar-refractivity contribution is 5.21. The number of hydrogen-bond donors (Lipinski definition) is 1. The van der Waals surface area contributed by atoms with Crippen LogP contribution in [0.3, 0.4) is 0 Å². The van der Waals surface area contributed by atoms with Gasteiger partial charge >= 0.3 is 0 Å². The lowest BCUT2D eigenvalue weighted by Crippen LogP contribution is -2.16. The van der Waals surface area contributed by atoms with Gasteiger partial charge in [-0.25, -0.2) is 0 Å². The molecule has 0 aliphatic carbocycles. The third-order valence-corrected chi connectivity index (χ3v) is 2.92. The molecule has 0 aliphatic heterocycles. The van der Waals surface area contributed by atoms with E-state index in [1.807, 2.05) is 18.5 Å². The zero-order valence-corrected chi connectivity index (χ0v) is 10.6. The largest absolute Gasteiger partial charge is 0.317 e. The van der Waals surface area contributed by atoms with Gasteiger partial charge in [-0.2, -0.15) is 0 Å². The van der Waals surface area contributed by atoms with Crippen molar-refractivity contribution in [2.24, 2.45) is 7.05 Å². The van der Waals surface area contributed by atoms with E-state index in [0.29, 0.717) is 0 Å². The zero-order valence-electron chi connectivity index (χ0n) is 10.6. The van der Waals surface area contributed by atoms with Gasteiger partial charge < -0.3 is 9.88 Å². The number of rotatable bonds is 4. The van der Waals surface area contributed by atoms with Gasteiger partial charge in [0, 0.05) is 13.6 Å². The highest BCUT2D eigenvalue weighted by atomic mass is 15.3. The van der Waals surface area contributed by atoms with Crippen LogP contribution in [0.4, 0.5) is 0 Å². The molecule has 1 aromatic carbocycles. The van der Waals surface area contributed by atoms with Gasteiger partial charge in [0.05, 0.1) is 6.54 Å². The summed E-state index contributed by atoms with van der Waals surface area (Å²) in [7, 11) is 1.98. The molecule has 1 aromatic heterocycles. The molecule has 4 nitrogen and oxygen atoms in total. The van der Waals surface area contributed by atoms with E-state index in [1.165, 1.54) is 11.1 Å². The Morgan fingerprint density at radius 3 is 2.35 bits per heavy atom. The van der Waals surface area contributed by atoms with Gasteiger partial charge in [0.25, 0.3) is 0 Å². The summed E-state index contributed by atoms with van der Waals surface area (Å²) in [6.07, 6.45) is 0. The Hall–Kier alpha value is -1.68. The fourth-order valence-electron chi connectivity index (χ4n) is 1.63. The first kappa shape index (κ1) is 11.8. The maximum atomic E-state index is 4.11. The first-order chi connectivity index (χ1) is 8.16. The van der Waals surface area contributed by atoms with E-state index >= 15 is 0 Å². The fraction of sp³-hybridized carbons (Fsp3) is 0.385. The quantitative estimate of drug-likeness (QED) is 0.869. The predicted octanol–water partition coefficient (Wildman–Crippen LogP) is 1.72. The molecule has 4 heteroatoms. The van der Waals surface area contributed by atoms with E-state index in [2.05, 4.69) is 46.7 Å². The summed E-state index contributed by atoms with van der Waals surface area (Å²) in [5, 5.41) is 11.5. The third-order valence-electron chi connectivity index (χ3n) is 2.92. The lowest BCUT2D eigenvalue weighted by atomic mass is 10.1. The second-order valence-electron chi connectivity index (χ2n) is 4.31. The Morgan fingerprint density at radius 1 is 1.06 bits per heavy atom. The Kier molecular flexibility index (Phi) is 3.54. The molecular formula is C13H18N4. The van der Waals surface area contributed by atoms with Gasteiger partial charge in [0.15, 0.2) is 0 Å². The van der Waals surface area contributed by atoms with Gasteiger partial charge in [-0.1, -0.05) is 29.8 Å². The van der Waals surface area contributed by atoms with Crippen molar-refractivity contribution in [2.75, 3.05) is 0 Å². The molecule has 0 unspecified atom stereocenters. The summed E-state index contributed by atoms with van der Waals surface area (Å²) >= 11 is 0. The molecule has 0 aliphatic rings. The highest BCUT2D eigenvalue weighted by Crippen LogP contribution is 2.03. The summed E-state index contributed by atoms with van der Waals surface area (Å²) < 4.78 is 2.00. The molecule has 0 amide bonds. The minimum absolute atomic E-state index is 0.741. The smallest absolute Gasteiger partial charge is 0.146 e. The van der Waals surface area contributed by atoms with E-state index in [0.717, 1.165) is 24.7 Å². The lowest BCUT2D eigenvalue weighted by Gasteiger charge is -2.05. The molecule has 0 fully saturated rings. The lowest BCUT2D eigenvalue weighted by molar-refractivity contribution is 0.634. The van der Waals surface area contributed by atoms with Crippen molar-refractivity contribution in [2.45, 2.75) is 26.9 Å². The molecule has 0 bridgehead atoms. The first-order valence-electron chi connectivity index (χ1n) is 5.78. The number of nitrogens with one attached hydrogen (secondary N) is 1. The second-order valence-corrected chi connectivity index (χ2v) is 4.31. The molecule has 0 saturated heterocycles. The summed E-state index contributed by atoms with van der Waals surface area (Å²) in [6, 6.07) is 8.54. The molecule has 90 valence electrons. The van der Waals surface area contributed by atoms with Crippen molar-refractivity contribution in [1.82, 2.24) is 20.1 Å². The molecule has 0 atom stereocenters. The maximum Gasteiger partial charge on any atom is 0.146 e. The number of nitrogens with zero attached hydrogens (tertiary/aromatic N) is 3. The van der Waals surface area contributed by atoms with E-state index < -0.39 is 0 Å². The molecule has 2 rings (SSSR count). The third kappa shape index (κ3) is 2.91. The number of benzene rings is 1. The number of aryl methyl sites for hydroxylation is 2. The molecule has 2 aromatic rings. The van der Waals surface area contributed by atoms with Gasteiger partial charge in [-0.3, -0.25) is 0 Å². The van der Waals surface area contributed by atoms with E-state index in [-0.39, 0.29) is 0 Å². The van der Waals surface area contributed by atoms with Crippen LogP contribution >= 0.6 is 0 Å². The van der Waals surface area contributed by atoms with Gasteiger partial charge in [-0.05, 0) is 19.4 Å². The monoisotopic (exact) mass is 230 g/mol. The van der Waals surface area contributed by atoms with Crippen LogP contribution in [0, 0.1) is 13.8 Å². The van der Waals surface area contributed by atoms with Crippen molar-refractivity contribution in [3.63, 3.8) is 0 Å². The average molecular weight is 230 g/mol. The van der Waals surface area contributed by atoms with E-state index in [9.17, 15) is 0 Å². The zero-order chi connectivity index (χ0) is 12.3. The van der Waals surface area contributed by atoms with Crippen LogP contribution in [0.15, 0.2) is 24.3 Å². The Labute approximate surface area is 102 Å². The molecule has 0 saturated carbocycles. The van der Waals surface area contributed by atoms with E-state index in [4.69, 9.17) is 0 Å². The minimum atomic E-state index is 0.741. The van der Waals surface area contributed by atoms with Crippen molar-refractivity contribution in [3.8, 4) is 0 Å². The number of hydrogen-bond acceptors (Lipinski definition) is 3. The normalized spacial score (nSPS) is 10.8. The summed E-state index contributed by atoms with van der Waals surface area (Å²) in [6.45, 7) is 5.65. The van der Waals surface area contributed by atoms with Crippen LogP contribution in [0.25, 0.3) is 0 Å². The van der Waals surface area contributed by atoms with Crippen LogP contribution in [0.1, 0.15) is 22.8 Å². The van der Waals surface area contributed by atoms with Crippen molar-refractivity contribution >= 4 is 0 Å². The van der Waals surface area contributed by atoms with Gasteiger partial charge in [0.1, 0.15) is 11.6 Å². The van der Waals surface area contributed by atoms with Crippen LogP contribution in [0.5, 0.6) is 0 Å². The molecule has 17 heavy (non-hydrogen) atoms. The Balaban J connectivity index is 1.87. The fourth-order valence-corrected chi connectivity index (χ4v) is 1.63. The Bertz CT molecular complexity index is 485. The van der Waals surface area contributed by atoms with Crippen LogP contribution < -0.4 is 5.32 Å². The summed E-state index contributed by atoms with van der Waals surface area (Å²) in [4.78, 5) is 0. The molecular weight excluding hydrogens is 212 g/mol. The average Bonchev–Trinajstić information content (AvgIpc) is 2.64. The van der Waals surface area contributed by atoms with Gasteiger partial charge in [0.2, 0.25) is 0 Å². The topological polar surface area (TPSA) is 42.7 Å². The highest BCUT2D eigenvalue weighted by Gasteiger charge is 2.03. The summed E-state index contributed by atoms with van der Waals surface area (Å²) in [5.74, 6) is 1.91. The van der Waals surface area contributed by atoms with Crippen LogP contribution in [-0.4, -0.2) is 14.8 Å². The standard InChI is InChI=1S/C13H18N4/c1-10-4-6-12(7-5-10)8-14-9-13-16-15-11(2)17(13)3/h4-7,14H,8-9H2,1-3H3. The van der Waals surface area contributed by atoms with Crippen molar-refractivity contribution in [1.29, 1.82) is 0 Å². The minimum Gasteiger partial charge on any atom is -0.317 e. The summed E-state index contributed by atoms with van der Waals surface area (Å²) in [5.41, 5.74) is 2.58. The second kappa shape index (κ2) is 5.10. The molecule has 0 radical (unpaired) electrons. The Morgan fingerprint density at radius 2 is 1.76 bits per heavy atom. The maximum absolute atomic E-state index is 4.11.